The first kappa shape index (κ1) is 9.60. The zero-order valence-corrected chi connectivity index (χ0v) is 8.53. The molecule has 0 aromatic heterocycles. The van der Waals surface area contributed by atoms with Crippen molar-refractivity contribution in [2.24, 2.45) is 0 Å². The van der Waals surface area contributed by atoms with Gasteiger partial charge in [-0.2, -0.15) is 0 Å². The summed E-state index contributed by atoms with van der Waals surface area (Å²) >= 11 is 0. The lowest BCUT2D eigenvalue weighted by molar-refractivity contribution is 0.268. The Morgan fingerprint density at radius 2 is 2.17 bits per heavy atom. The highest BCUT2D eigenvalue weighted by molar-refractivity contribution is 7.21. The minimum atomic E-state index is -0.687. The lowest BCUT2D eigenvalue weighted by Gasteiger charge is -2.21. The van der Waals surface area contributed by atoms with E-state index in [1.54, 1.807) is 6.92 Å². The van der Waals surface area contributed by atoms with Gasteiger partial charge in [-0.15, -0.1) is 9.24 Å². The maximum atomic E-state index is 5.66. The van der Waals surface area contributed by atoms with Crippen LogP contribution in [0.1, 0.15) is 12.5 Å². The summed E-state index contributed by atoms with van der Waals surface area (Å²) in [7, 11) is 8.09. The molecule has 0 aliphatic rings. The first-order valence-corrected chi connectivity index (χ1v) is 4.38. The second-order valence-electron chi connectivity index (χ2n) is 3.10. The summed E-state index contributed by atoms with van der Waals surface area (Å²) in [6, 6.07) is 7.81. The van der Waals surface area contributed by atoms with Crippen LogP contribution in [0.4, 0.5) is 0 Å². The van der Waals surface area contributed by atoms with Crippen LogP contribution in [0, 0.1) is 6.92 Å². The first-order chi connectivity index (χ1) is 5.47. The molecule has 0 saturated carbocycles. The van der Waals surface area contributed by atoms with Crippen LogP contribution in [0.15, 0.2) is 24.3 Å². The molecule has 2 radical (unpaired) electrons. The fourth-order valence-corrected chi connectivity index (χ4v) is 1.07. The lowest BCUT2D eigenvalue weighted by atomic mass is 10.0. The largest absolute Gasteiger partial charge is 0.494 e. The highest BCUT2D eigenvalue weighted by Crippen LogP contribution is 2.21. The van der Waals surface area contributed by atoms with Gasteiger partial charge in [0.15, 0.2) is 0 Å². The average molecular weight is 178 g/mol. The van der Waals surface area contributed by atoms with Gasteiger partial charge in [-0.25, -0.2) is 0 Å². The molecule has 1 aromatic carbocycles. The van der Waals surface area contributed by atoms with Gasteiger partial charge in [-0.05, 0) is 31.5 Å². The third kappa shape index (κ3) is 3.27. The predicted octanol–water partition coefficient (Wildman–Crippen LogP) is 2.09. The van der Waals surface area contributed by atoms with Crippen molar-refractivity contribution >= 4 is 17.1 Å². The van der Waals surface area contributed by atoms with Gasteiger partial charge in [-0.3, -0.25) is 0 Å². The van der Waals surface area contributed by atoms with Crippen LogP contribution < -0.4 is 4.74 Å². The molecule has 62 valence electrons. The SMILES string of the molecule is [B]C(C)(P)Oc1cccc(C)c1. The topological polar surface area (TPSA) is 9.23 Å². The number of hydrogen-bond acceptors (Lipinski definition) is 1. The van der Waals surface area contributed by atoms with Gasteiger partial charge in [0, 0.05) is 0 Å². The molecule has 0 fully saturated rings. The number of aryl methyl sites for hydroxylation is 1. The van der Waals surface area contributed by atoms with E-state index in [0.29, 0.717) is 0 Å². The molecular formula is C9H12BOP. The molecule has 0 aliphatic heterocycles. The van der Waals surface area contributed by atoms with Crippen LogP contribution in [0.2, 0.25) is 0 Å². The molecule has 3 heteroatoms. The lowest BCUT2D eigenvalue weighted by Crippen LogP contribution is -2.23. The third-order valence-corrected chi connectivity index (χ3v) is 1.45. The summed E-state index contributed by atoms with van der Waals surface area (Å²) in [5.74, 6) is 0.801. The molecule has 0 heterocycles. The van der Waals surface area contributed by atoms with Crippen molar-refractivity contribution in [3.8, 4) is 5.75 Å². The Hall–Kier alpha value is -0.485. The van der Waals surface area contributed by atoms with Crippen molar-refractivity contribution in [2.75, 3.05) is 0 Å². The van der Waals surface area contributed by atoms with Gasteiger partial charge < -0.3 is 4.74 Å². The van der Waals surface area contributed by atoms with Crippen LogP contribution in [0.25, 0.3) is 0 Å². The Labute approximate surface area is 77.1 Å². The van der Waals surface area contributed by atoms with Crippen LogP contribution in [-0.2, 0) is 0 Å². The standard InChI is InChI=1S/C9H12BOP/c1-7-4-3-5-8(6-7)11-9(2,10)12/h3-6H,12H2,1-2H3. The Morgan fingerprint density at radius 3 is 2.67 bits per heavy atom. The molecule has 0 saturated heterocycles. The smallest absolute Gasteiger partial charge is 0.136 e. The van der Waals surface area contributed by atoms with Crippen LogP contribution in [-0.4, -0.2) is 13.1 Å². The van der Waals surface area contributed by atoms with E-state index < -0.39 is 5.24 Å². The van der Waals surface area contributed by atoms with E-state index in [1.807, 2.05) is 31.2 Å². The zero-order chi connectivity index (χ0) is 9.19. The maximum Gasteiger partial charge on any atom is 0.136 e. The average Bonchev–Trinajstić information content (AvgIpc) is 1.82. The molecule has 12 heavy (non-hydrogen) atoms. The Morgan fingerprint density at radius 1 is 1.50 bits per heavy atom. The van der Waals surface area contributed by atoms with E-state index >= 15 is 0 Å². The van der Waals surface area contributed by atoms with Crippen LogP contribution in [0.5, 0.6) is 5.75 Å². The van der Waals surface area contributed by atoms with E-state index in [9.17, 15) is 0 Å². The first-order valence-electron chi connectivity index (χ1n) is 3.81. The quantitative estimate of drug-likeness (QED) is 0.497. The van der Waals surface area contributed by atoms with Gasteiger partial charge in [0.1, 0.15) is 13.6 Å². The summed E-state index contributed by atoms with van der Waals surface area (Å²) < 4.78 is 5.42. The van der Waals surface area contributed by atoms with Crippen LogP contribution in [0.3, 0.4) is 0 Å². The zero-order valence-electron chi connectivity index (χ0n) is 7.37. The van der Waals surface area contributed by atoms with Gasteiger partial charge in [0.2, 0.25) is 0 Å². The van der Waals surface area contributed by atoms with Crippen molar-refractivity contribution < 1.29 is 4.74 Å². The van der Waals surface area contributed by atoms with Gasteiger partial charge >= 0.3 is 0 Å². The molecule has 0 aliphatic carbocycles. The fourth-order valence-electron chi connectivity index (χ4n) is 0.933. The summed E-state index contributed by atoms with van der Waals surface area (Å²) in [5, 5.41) is -0.687. The summed E-state index contributed by atoms with van der Waals surface area (Å²) in [4.78, 5) is 0. The van der Waals surface area contributed by atoms with Gasteiger partial charge in [0.25, 0.3) is 0 Å². The summed E-state index contributed by atoms with van der Waals surface area (Å²) in [6.45, 7) is 3.81. The van der Waals surface area contributed by atoms with E-state index in [0.717, 1.165) is 5.75 Å². The molecule has 0 spiro atoms. The maximum absolute atomic E-state index is 5.66. The van der Waals surface area contributed by atoms with Crippen molar-refractivity contribution in [1.82, 2.24) is 0 Å². The Balaban J connectivity index is 2.77. The normalized spacial score (nSPS) is 15.2. The van der Waals surface area contributed by atoms with E-state index in [4.69, 9.17) is 12.6 Å². The molecule has 1 nitrogen and oxygen atoms in total. The number of ether oxygens (including phenoxy) is 1. The van der Waals surface area contributed by atoms with Crippen molar-refractivity contribution in [2.45, 2.75) is 19.1 Å². The van der Waals surface area contributed by atoms with Crippen molar-refractivity contribution in [3.63, 3.8) is 0 Å². The molecule has 0 bridgehead atoms. The van der Waals surface area contributed by atoms with Crippen LogP contribution >= 0.6 is 9.24 Å². The van der Waals surface area contributed by atoms with E-state index in [-0.39, 0.29) is 0 Å². The summed E-state index contributed by atoms with van der Waals surface area (Å²) in [6.07, 6.45) is 0. The van der Waals surface area contributed by atoms with E-state index in [1.165, 1.54) is 5.56 Å². The molecule has 2 unspecified atom stereocenters. The highest BCUT2D eigenvalue weighted by atomic mass is 31.0. The van der Waals surface area contributed by atoms with Gasteiger partial charge in [-0.1, -0.05) is 12.1 Å². The molecule has 1 rings (SSSR count). The molecule has 2 atom stereocenters. The minimum Gasteiger partial charge on any atom is -0.494 e. The molecule has 0 N–H and O–H groups in total. The minimum absolute atomic E-state index is 0.687. The van der Waals surface area contributed by atoms with Gasteiger partial charge in [0.05, 0.1) is 5.24 Å². The molecule has 1 aromatic rings. The fraction of sp³-hybridized carbons (Fsp3) is 0.333. The number of rotatable bonds is 2. The second kappa shape index (κ2) is 3.49. The molecule has 0 amide bonds. The van der Waals surface area contributed by atoms with Crippen molar-refractivity contribution in [3.05, 3.63) is 29.8 Å². The number of benzene rings is 1. The Kier molecular flexibility index (Phi) is 2.79. The predicted molar refractivity (Wildman–Crippen MR) is 55.7 cm³/mol. The Bertz CT molecular complexity index is 267. The summed E-state index contributed by atoms with van der Waals surface area (Å²) in [5.41, 5.74) is 1.17. The monoisotopic (exact) mass is 178 g/mol. The second-order valence-corrected chi connectivity index (χ2v) is 4.25. The third-order valence-electron chi connectivity index (χ3n) is 1.33. The van der Waals surface area contributed by atoms with E-state index in [2.05, 4.69) is 9.24 Å². The van der Waals surface area contributed by atoms with Crippen molar-refractivity contribution in [1.29, 1.82) is 0 Å². The number of hydrogen-bond donors (Lipinski definition) is 0. The highest BCUT2D eigenvalue weighted by Gasteiger charge is 2.10. The molecular weight excluding hydrogens is 166 g/mol.